The quantitative estimate of drug-likeness (QED) is 0.618. The highest BCUT2D eigenvalue weighted by molar-refractivity contribution is 7.39. The third-order valence-electron chi connectivity index (χ3n) is 5.90. The molecule has 4 aliphatic rings. The van der Waals surface area contributed by atoms with Crippen LogP contribution in [0.25, 0.3) is 0 Å². The van der Waals surface area contributed by atoms with Crippen molar-refractivity contribution in [1.29, 1.82) is 0 Å². The first kappa shape index (κ1) is 9.46. The summed E-state index contributed by atoms with van der Waals surface area (Å²) in [4.78, 5) is 0. The maximum Gasteiger partial charge on any atom is -0.0203 e. The number of hydrogen-bond acceptors (Lipinski definition) is 0. The molecule has 0 aromatic rings. The summed E-state index contributed by atoms with van der Waals surface area (Å²) in [7, 11) is 1.37. The van der Waals surface area contributed by atoms with Crippen molar-refractivity contribution in [1.82, 2.24) is 0 Å². The summed E-state index contributed by atoms with van der Waals surface area (Å²) in [5.74, 6) is 4.72. The zero-order chi connectivity index (χ0) is 9.83. The highest BCUT2D eigenvalue weighted by Crippen LogP contribution is 2.58. The Morgan fingerprint density at radius 1 is 0.600 bits per heavy atom. The minimum Gasteiger partial charge on any atom is -0.115 e. The van der Waals surface area contributed by atoms with Crippen LogP contribution in [0.5, 0.6) is 0 Å². The van der Waals surface area contributed by atoms with Gasteiger partial charge in [-0.05, 0) is 73.5 Å². The molecule has 0 nitrogen and oxygen atoms in total. The molecule has 3 unspecified atom stereocenters. The highest BCUT2D eigenvalue weighted by atomic mass is 31.1. The molecule has 4 aliphatic carbocycles. The Bertz CT molecular complexity index is 236. The zero-order valence-corrected chi connectivity index (χ0v) is 10.6. The van der Waals surface area contributed by atoms with E-state index in [1.54, 1.807) is 51.4 Å². The normalized spacial score (nSPS) is 57.6. The first-order valence-corrected chi connectivity index (χ1v) is 8.30. The predicted octanol–water partition coefficient (Wildman–Crippen LogP) is 4.04. The fraction of sp³-hybridized carbons (Fsp3) is 1.00. The summed E-state index contributed by atoms with van der Waals surface area (Å²) in [5.41, 5.74) is 2.40. The SMILES string of the molecule is C1C[C@@H]2C[C@H]1CC2PC1C[C@@H]2CC[C@@H]1C2. The van der Waals surface area contributed by atoms with E-state index in [1.807, 2.05) is 0 Å². The van der Waals surface area contributed by atoms with Crippen LogP contribution in [0.4, 0.5) is 0 Å². The van der Waals surface area contributed by atoms with E-state index in [4.69, 9.17) is 0 Å². The topological polar surface area (TPSA) is 0 Å². The zero-order valence-electron chi connectivity index (χ0n) is 9.62. The maximum absolute atomic E-state index is 1.64. The van der Waals surface area contributed by atoms with Gasteiger partial charge in [0, 0.05) is 0 Å². The fourth-order valence-corrected chi connectivity index (χ4v) is 7.81. The van der Waals surface area contributed by atoms with Gasteiger partial charge in [-0.3, -0.25) is 0 Å². The molecule has 4 bridgehead atoms. The van der Waals surface area contributed by atoms with E-state index in [9.17, 15) is 0 Å². The number of fused-ring (bicyclic) bond motifs is 4. The minimum atomic E-state index is 1.17. The smallest absolute Gasteiger partial charge is 0.0203 e. The molecule has 1 heteroatoms. The van der Waals surface area contributed by atoms with Gasteiger partial charge < -0.3 is 0 Å². The van der Waals surface area contributed by atoms with Crippen molar-refractivity contribution in [3.63, 3.8) is 0 Å². The van der Waals surface area contributed by atoms with Gasteiger partial charge in [-0.15, -0.1) is 8.58 Å². The standard InChI is InChI=1S/C14H23P/c1-3-11-5-9(1)7-13(11)15-14-8-10-2-4-12(14)6-10/h9-15H,1-8H2/t9-,10+,11-,12-,13?,14?/m1/s1. The lowest BCUT2D eigenvalue weighted by Gasteiger charge is -2.29. The van der Waals surface area contributed by atoms with Gasteiger partial charge >= 0.3 is 0 Å². The monoisotopic (exact) mass is 222 g/mol. The van der Waals surface area contributed by atoms with E-state index in [0.717, 1.165) is 0 Å². The second-order valence-corrected chi connectivity index (χ2v) is 8.55. The van der Waals surface area contributed by atoms with Gasteiger partial charge in [-0.2, -0.15) is 0 Å². The van der Waals surface area contributed by atoms with Crippen LogP contribution < -0.4 is 0 Å². The van der Waals surface area contributed by atoms with Crippen molar-refractivity contribution in [2.45, 2.75) is 62.7 Å². The Labute approximate surface area is 95.4 Å². The second-order valence-electron chi connectivity index (χ2n) is 6.73. The van der Waals surface area contributed by atoms with Crippen LogP contribution in [0.3, 0.4) is 0 Å². The van der Waals surface area contributed by atoms with Gasteiger partial charge in [-0.1, -0.05) is 12.8 Å². The lowest BCUT2D eigenvalue weighted by atomic mass is 10.00. The van der Waals surface area contributed by atoms with Crippen molar-refractivity contribution in [3.8, 4) is 0 Å². The Kier molecular flexibility index (Phi) is 2.18. The van der Waals surface area contributed by atoms with Crippen LogP contribution in [-0.4, -0.2) is 11.3 Å². The van der Waals surface area contributed by atoms with Crippen LogP contribution in [0.1, 0.15) is 51.4 Å². The lowest BCUT2D eigenvalue weighted by molar-refractivity contribution is 0.466. The molecule has 0 radical (unpaired) electrons. The molecule has 0 saturated heterocycles. The first-order valence-electron chi connectivity index (χ1n) is 7.14. The second kappa shape index (κ2) is 3.46. The van der Waals surface area contributed by atoms with Gasteiger partial charge in [0.05, 0.1) is 0 Å². The van der Waals surface area contributed by atoms with Gasteiger partial charge in [0.2, 0.25) is 0 Å². The molecular formula is C14H23P. The van der Waals surface area contributed by atoms with Crippen LogP contribution in [0, 0.1) is 23.7 Å². The van der Waals surface area contributed by atoms with E-state index < -0.39 is 0 Å². The molecule has 84 valence electrons. The molecule has 4 fully saturated rings. The molecule has 0 heterocycles. The third-order valence-corrected chi connectivity index (χ3v) is 8.17. The molecule has 0 N–H and O–H groups in total. The van der Waals surface area contributed by atoms with E-state index >= 15 is 0 Å². The van der Waals surface area contributed by atoms with E-state index in [0.29, 0.717) is 0 Å². The summed E-state index contributed by atoms with van der Waals surface area (Å²) in [5, 5.41) is 0. The Balaban J connectivity index is 1.40. The Hall–Kier alpha value is 0.430. The Morgan fingerprint density at radius 3 is 1.47 bits per heavy atom. The van der Waals surface area contributed by atoms with E-state index in [-0.39, 0.29) is 0 Å². The minimum absolute atomic E-state index is 1.17. The number of hydrogen-bond donors (Lipinski definition) is 0. The summed E-state index contributed by atoms with van der Waals surface area (Å²) in [6.07, 6.45) is 12.9. The molecule has 4 rings (SSSR count). The highest BCUT2D eigenvalue weighted by Gasteiger charge is 2.44. The molecule has 0 aromatic heterocycles. The van der Waals surface area contributed by atoms with Crippen molar-refractivity contribution in [2.75, 3.05) is 0 Å². The van der Waals surface area contributed by atoms with Gasteiger partial charge in [0.25, 0.3) is 0 Å². The molecule has 0 spiro atoms. The average Bonchev–Trinajstić information content (AvgIpc) is 2.96. The summed E-state index contributed by atoms with van der Waals surface area (Å²) < 4.78 is 0. The van der Waals surface area contributed by atoms with Gasteiger partial charge in [0.1, 0.15) is 0 Å². The van der Waals surface area contributed by atoms with Gasteiger partial charge in [0.15, 0.2) is 0 Å². The van der Waals surface area contributed by atoms with Crippen molar-refractivity contribution < 1.29 is 0 Å². The van der Waals surface area contributed by atoms with E-state index in [2.05, 4.69) is 0 Å². The molecule has 0 aliphatic heterocycles. The largest absolute Gasteiger partial charge is 0.115 e. The third kappa shape index (κ3) is 1.51. The molecule has 15 heavy (non-hydrogen) atoms. The molecule has 0 amide bonds. The van der Waals surface area contributed by atoms with E-state index in [1.165, 1.54) is 43.6 Å². The summed E-state index contributed by atoms with van der Waals surface area (Å²) >= 11 is 0. The van der Waals surface area contributed by atoms with Crippen molar-refractivity contribution in [3.05, 3.63) is 0 Å². The maximum atomic E-state index is 1.64. The predicted molar refractivity (Wildman–Crippen MR) is 66.8 cm³/mol. The fourth-order valence-electron chi connectivity index (χ4n) is 5.17. The van der Waals surface area contributed by atoms with Crippen LogP contribution >= 0.6 is 8.58 Å². The average molecular weight is 222 g/mol. The Morgan fingerprint density at radius 2 is 1.13 bits per heavy atom. The molecule has 4 saturated carbocycles. The van der Waals surface area contributed by atoms with Gasteiger partial charge in [-0.25, -0.2) is 0 Å². The lowest BCUT2D eigenvalue weighted by Crippen LogP contribution is -2.19. The number of rotatable bonds is 2. The molecule has 7 atom stereocenters. The first-order chi connectivity index (χ1) is 7.38. The summed E-state index contributed by atoms with van der Waals surface area (Å²) in [6, 6.07) is 0. The molecule has 0 aromatic carbocycles. The van der Waals surface area contributed by atoms with Crippen molar-refractivity contribution in [2.24, 2.45) is 23.7 Å². The molecular weight excluding hydrogens is 199 g/mol. The summed E-state index contributed by atoms with van der Waals surface area (Å²) in [6.45, 7) is 0. The van der Waals surface area contributed by atoms with Crippen LogP contribution in [0.2, 0.25) is 0 Å². The van der Waals surface area contributed by atoms with Crippen LogP contribution in [-0.2, 0) is 0 Å². The van der Waals surface area contributed by atoms with Crippen LogP contribution in [0.15, 0.2) is 0 Å². The van der Waals surface area contributed by atoms with Crippen molar-refractivity contribution >= 4 is 8.58 Å².